The maximum Gasteiger partial charge on any atom is 0.349 e. The van der Waals surface area contributed by atoms with Crippen molar-refractivity contribution in [3.05, 3.63) is 71.1 Å². The van der Waals surface area contributed by atoms with Gasteiger partial charge >= 0.3 is 11.9 Å². The quantitative estimate of drug-likeness (QED) is 0.358. The number of hydrogen-bond acceptors (Lipinski definition) is 6. The summed E-state index contributed by atoms with van der Waals surface area (Å²) >= 11 is 0. The van der Waals surface area contributed by atoms with Crippen LogP contribution in [-0.4, -0.2) is 26.2 Å². The van der Waals surface area contributed by atoms with Crippen molar-refractivity contribution in [2.24, 2.45) is 0 Å². The number of rotatable bonds is 6. The van der Waals surface area contributed by atoms with Gasteiger partial charge in [0.15, 0.2) is 5.57 Å². The maximum absolute atomic E-state index is 12.2. The Morgan fingerprint density at radius 1 is 0.692 bits per heavy atom. The molecule has 0 saturated heterocycles. The van der Waals surface area contributed by atoms with Gasteiger partial charge in [0.25, 0.3) is 0 Å². The SMILES string of the molecule is COC(=O)C(C(=O)OC)=C(Nc1ccc(C)cc1)Nc1ccc(C)cc1. The molecule has 0 aliphatic carbocycles. The van der Waals surface area contributed by atoms with Gasteiger partial charge in [-0.1, -0.05) is 35.4 Å². The molecule has 2 aromatic carbocycles. The minimum absolute atomic E-state index is 0.177. The number of esters is 2. The normalized spacial score (nSPS) is 9.85. The van der Waals surface area contributed by atoms with Gasteiger partial charge < -0.3 is 20.1 Å². The monoisotopic (exact) mass is 354 g/mol. The van der Waals surface area contributed by atoms with Crippen LogP contribution in [0.1, 0.15) is 11.1 Å². The van der Waals surface area contributed by atoms with Gasteiger partial charge in [0, 0.05) is 11.4 Å². The predicted octanol–water partition coefficient (Wildman–Crippen LogP) is 3.39. The first-order valence-corrected chi connectivity index (χ1v) is 8.03. The summed E-state index contributed by atoms with van der Waals surface area (Å²) in [4.78, 5) is 24.4. The molecule has 0 radical (unpaired) electrons. The smallest absolute Gasteiger partial charge is 0.349 e. The molecule has 0 heterocycles. The Kier molecular flexibility index (Phi) is 6.38. The number of nitrogens with one attached hydrogen (secondary N) is 2. The van der Waals surface area contributed by atoms with Crippen LogP contribution in [0.5, 0.6) is 0 Å². The molecule has 26 heavy (non-hydrogen) atoms. The summed E-state index contributed by atoms with van der Waals surface area (Å²) in [6.45, 7) is 3.94. The van der Waals surface area contributed by atoms with E-state index in [4.69, 9.17) is 9.47 Å². The first-order valence-electron chi connectivity index (χ1n) is 8.03. The summed E-state index contributed by atoms with van der Waals surface area (Å²) in [5.41, 5.74) is 3.34. The summed E-state index contributed by atoms with van der Waals surface area (Å²) in [6, 6.07) is 15.1. The summed E-state index contributed by atoms with van der Waals surface area (Å²) in [5.74, 6) is -1.42. The Morgan fingerprint density at radius 3 is 1.35 bits per heavy atom. The fraction of sp³-hybridized carbons (Fsp3) is 0.200. The Labute approximate surface area is 152 Å². The summed E-state index contributed by atoms with van der Waals surface area (Å²) in [5, 5.41) is 6.13. The van der Waals surface area contributed by atoms with Crippen LogP contribution in [0, 0.1) is 13.8 Å². The number of carbonyl (C=O) groups is 2. The third-order valence-electron chi connectivity index (χ3n) is 3.67. The van der Waals surface area contributed by atoms with Crippen molar-refractivity contribution in [2.45, 2.75) is 13.8 Å². The lowest BCUT2D eigenvalue weighted by molar-refractivity contribution is -0.144. The van der Waals surface area contributed by atoms with E-state index in [2.05, 4.69) is 10.6 Å². The van der Waals surface area contributed by atoms with E-state index in [0.29, 0.717) is 11.4 Å². The molecule has 0 fully saturated rings. The van der Waals surface area contributed by atoms with Crippen molar-refractivity contribution in [3.63, 3.8) is 0 Å². The molecule has 0 spiro atoms. The molecule has 0 aliphatic rings. The predicted molar refractivity (Wildman–Crippen MR) is 101 cm³/mol. The van der Waals surface area contributed by atoms with E-state index >= 15 is 0 Å². The number of benzene rings is 2. The summed E-state index contributed by atoms with van der Waals surface area (Å²) in [6.07, 6.45) is 0. The number of methoxy groups -OCH3 is 2. The van der Waals surface area contributed by atoms with Crippen molar-refractivity contribution in [2.75, 3.05) is 24.9 Å². The molecule has 0 saturated carbocycles. The van der Waals surface area contributed by atoms with E-state index < -0.39 is 11.9 Å². The lowest BCUT2D eigenvalue weighted by Gasteiger charge is -2.17. The van der Waals surface area contributed by atoms with E-state index in [9.17, 15) is 9.59 Å². The van der Waals surface area contributed by atoms with E-state index in [1.807, 2.05) is 62.4 Å². The number of aryl methyl sites for hydroxylation is 2. The van der Waals surface area contributed by atoms with Gasteiger partial charge in [-0.3, -0.25) is 0 Å². The molecular weight excluding hydrogens is 332 g/mol. The topological polar surface area (TPSA) is 76.7 Å². The Hall–Kier alpha value is -3.28. The molecule has 136 valence electrons. The first kappa shape index (κ1) is 19.1. The van der Waals surface area contributed by atoms with Crippen LogP contribution in [0.2, 0.25) is 0 Å². The number of carbonyl (C=O) groups excluding carboxylic acids is 2. The molecule has 6 nitrogen and oxygen atoms in total. The highest BCUT2D eigenvalue weighted by Crippen LogP contribution is 2.19. The zero-order valence-electron chi connectivity index (χ0n) is 15.3. The van der Waals surface area contributed by atoms with Gasteiger partial charge in [-0.05, 0) is 38.1 Å². The van der Waals surface area contributed by atoms with Crippen LogP contribution in [0.3, 0.4) is 0 Å². The van der Waals surface area contributed by atoms with Gasteiger partial charge in [0.2, 0.25) is 0 Å². The van der Waals surface area contributed by atoms with Gasteiger partial charge in [-0.2, -0.15) is 0 Å². The fourth-order valence-corrected chi connectivity index (χ4v) is 2.21. The van der Waals surface area contributed by atoms with Crippen molar-refractivity contribution in [1.82, 2.24) is 0 Å². The largest absolute Gasteiger partial charge is 0.465 e. The molecule has 0 unspecified atom stereocenters. The van der Waals surface area contributed by atoms with Crippen molar-refractivity contribution >= 4 is 23.3 Å². The minimum Gasteiger partial charge on any atom is -0.465 e. The van der Waals surface area contributed by atoms with E-state index in [1.54, 1.807) is 0 Å². The van der Waals surface area contributed by atoms with Crippen molar-refractivity contribution in [1.29, 1.82) is 0 Å². The van der Waals surface area contributed by atoms with Crippen molar-refractivity contribution < 1.29 is 19.1 Å². The van der Waals surface area contributed by atoms with Gasteiger partial charge in [0.05, 0.1) is 14.2 Å². The van der Waals surface area contributed by atoms with Crippen LogP contribution in [0.15, 0.2) is 59.9 Å². The zero-order chi connectivity index (χ0) is 19.1. The number of anilines is 2. The molecular formula is C20H22N2O4. The highest BCUT2D eigenvalue weighted by atomic mass is 16.5. The summed E-state index contributed by atoms with van der Waals surface area (Å²) in [7, 11) is 2.42. The van der Waals surface area contributed by atoms with Crippen LogP contribution >= 0.6 is 0 Å². The fourth-order valence-electron chi connectivity index (χ4n) is 2.21. The standard InChI is InChI=1S/C20H22N2O4/c1-13-5-9-15(10-6-13)21-18(17(19(23)25-3)20(24)26-4)22-16-11-7-14(2)8-12-16/h5-12,21-22H,1-4H3. The number of hydrogen-bond donors (Lipinski definition) is 2. The Bertz CT molecular complexity index is 741. The summed E-state index contributed by atoms with van der Waals surface area (Å²) < 4.78 is 9.50. The Morgan fingerprint density at radius 2 is 1.04 bits per heavy atom. The lowest BCUT2D eigenvalue weighted by Crippen LogP contribution is -2.24. The molecule has 0 aliphatic heterocycles. The van der Waals surface area contributed by atoms with Gasteiger partial charge in [0.1, 0.15) is 5.82 Å². The molecule has 0 bridgehead atoms. The van der Waals surface area contributed by atoms with Crippen molar-refractivity contribution in [3.8, 4) is 0 Å². The molecule has 6 heteroatoms. The van der Waals surface area contributed by atoms with Gasteiger partial charge in [-0.15, -0.1) is 0 Å². The van der Waals surface area contributed by atoms with Gasteiger partial charge in [-0.25, -0.2) is 9.59 Å². The minimum atomic E-state index is -0.800. The molecule has 0 amide bonds. The first-order chi connectivity index (χ1) is 12.4. The third kappa shape index (κ3) is 4.86. The molecule has 2 aromatic rings. The highest BCUT2D eigenvalue weighted by Gasteiger charge is 2.26. The van der Waals surface area contributed by atoms with E-state index in [0.717, 1.165) is 11.1 Å². The van der Waals surface area contributed by atoms with Crippen LogP contribution in [0.25, 0.3) is 0 Å². The second-order valence-corrected chi connectivity index (χ2v) is 5.72. The zero-order valence-corrected chi connectivity index (χ0v) is 15.3. The molecule has 0 atom stereocenters. The van der Waals surface area contributed by atoms with Crippen LogP contribution in [0.4, 0.5) is 11.4 Å². The average Bonchev–Trinajstić information content (AvgIpc) is 2.65. The molecule has 0 aromatic heterocycles. The Balaban J connectivity index is 2.48. The van der Waals surface area contributed by atoms with E-state index in [1.165, 1.54) is 14.2 Å². The molecule has 2 rings (SSSR count). The van der Waals surface area contributed by atoms with Crippen LogP contribution < -0.4 is 10.6 Å². The van der Waals surface area contributed by atoms with Crippen LogP contribution in [-0.2, 0) is 19.1 Å². The lowest BCUT2D eigenvalue weighted by atomic mass is 10.2. The van der Waals surface area contributed by atoms with E-state index in [-0.39, 0.29) is 11.4 Å². The maximum atomic E-state index is 12.2. The third-order valence-corrected chi connectivity index (χ3v) is 3.67. The second-order valence-electron chi connectivity index (χ2n) is 5.72. The average molecular weight is 354 g/mol. The highest BCUT2D eigenvalue weighted by molar-refractivity contribution is 6.15. The number of ether oxygens (including phenoxy) is 2. The molecule has 2 N–H and O–H groups in total. The second kappa shape index (κ2) is 8.71.